The van der Waals surface area contributed by atoms with Crippen LogP contribution in [0.3, 0.4) is 0 Å². The number of H-pyrrole nitrogens is 1. The van der Waals surface area contributed by atoms with E-state index in [2.05, 4.69) is 15.5 Å². The third kappa shape index (κ3) is 4.44. The number of benzene rings is 2. The van der Waals surface area contributed by atoms with Crippen LogP contribution < -0.4 is 9.62 Å². The standard InChI is InChI=1S/C20H23N5O3S2/c1-4-25-18(22-23-20(25)29)13-21-19(26)15-7-9-16(10-8-15)24(3)30(27,28)17-11-5-14(2)6-12-17/h5-12H,4,13H2,1-3H3,(H,21,26)(H,23,29). The van der Waals surface area contributed by atoms with Crippen molar-refractivity contribution in [2.75, 3.05) is 11.4 Å². The van der Waals surface area contributed by atoms with Crippen molar-refractivity contribution in [3.8, 4) is 0 Å². The number of carbonyl (C=O) groups excluding carboxylic acids is 1. The first kappa shape index (κ1) is 21.7. The maximum Gasteiger partial charge on any atom is 0.264 e. The van der Waals surface area contributed by atoms with Crippen LogP contribution in [0.25, 0.3) is 0 Å². The first-order valence-corrected chi connectivity index (χ1v) is 11.2. The van der Waals surface area contributed by atoms with Crippen molar-refractivity contribution in [2.45, 2.75) is 31.8 Å². The van der Waals surface area contributed by atoms with Gasteiger partial charge in [-0.05, 0) is 62.5 Å². The van der Waals surface area contributed by atoms with Crippen LogP contribution in [0.15, 0.2) is 53.4 Å². The monoisotopic (exact) mass is 445 g/mol. The maximum absolute atomic E-state index is 12.8. The number of sulfonamides is 1. The lowest BCUT2D eigenvalue weighted by Crippen LogP contribution is -2.27. The van der Waals surface area contributed by atoms with Gasteiger partial charge >= 0.3 is 0 Å². The van der Waals surface area contributed by atoms with E-state index in [9.17, 15) is 13.2 Å². The summed E-state index contributed by atoms with van der Waals surface area (Å²) >= 11 is 5.13. The van der Waals surface area contributed by atoms with E-state index in [1.165, 1.54) is 11.4 Å². The summed E-state index contributed by atoms with van der Waals surface area (Å²) in [5, 5.41) is 9.61. The number of amides is 1. The molecular formula is C20H23N5O3S2. The molecule has 1 heterocycles. The van der Waals surface area contributed by atoms with E-state index in [1.54, 1.807) is 53.1 Å². The van der Waals surface area contributed by atoms with E-state index in [1.807, 2.05) is 13.8 Å². The number of hydrogen-bond acceptors (Lipinski definition) is 5. The minimum atomic E-state index is -3.69. The van der Waals surface area contributed by atoms with E-state index >= 15 is 0 Å². The van der Waals surface area contributed by atoms with Gasteiger partial charge in [-0.1, -0.05) is 17.7 Å². The van der Waals surface area contributed by atoms with Crippen LogP contribution in [-0.4, -0.2) is 36.1 Å². The van der Waals surface area contributed by atoms with Gasteiger partial charge in [0.1, 0.15) is 0 Å². The molecule has 0 bridgehead atoms. The second-order valence-corrected chi connectivity index (χ2v) is 9.06. The zero-order valence-corrected chi connectivity index (χ0v) is 18.5. The van der Waals surface area contributed by atoms with Crippen molar-refractivity contribution in [1.29, 1.82) is 0 Å². The molecule has 0 atom stereocenters. The number of nitrogens with one attached hydrogen (secondary N) is 2. The number of carbonyl (C=O) groups is 1. The highest BCUT2D eigenvalue weighted by Gasteiger charge is 2.21. The molecule has 0 saturated carbocycles. The molecule has 10 heteroatoms. The zero-order chi connectivity index (χ0) is 21.9. The minimum Gasteiger partial charge on any atom is -0.345 e. The van der Waals surface area contributed by atoms with Crippen LogP contribution in [0.4, 0.5) is 5.69 Å². The van der Waals surface area contributed by atoms with E-state index in [0.717, 1.165) is 5.56 Å². The van der Waals surface area contributed by atoms with E-state index in [0.29, 0.717) is 28.4 Å². The third-order valence-corrected chi connectivity index (χ3v) is 6.84. The van der Waals surface area contributed by atoms with Gasteiger partial charge in [-0.25, -0.2) is 8.42 Å². The molecule has 3 rings (SSSR count). The smallest absolute Gasteiger partial charge is 0.264 e. The van der Waals surface area contributed by atoms with Crippen LogP contribution in [0.5, 0.6) is 0 Å². The Labute approximate surface area is 180 Å². The van der Waals surface area contributed by atoms with Crippen LogP contribution in [0.1, 0.15) is 28.7 Å². The Hall–Kier alpha value is -2.98. The van der Waals surface area contributed by atoms with E-state index in [4.69, 9.17) is 12.2 Å². The first-order chi connectivity index (χ1) is 14.2. The lowest BCUT2D eigenvalue weighted by molar-refractivity contribution is 0.0949. The van der Waals surface area contributed by atoms with Crippen molar-refractivity contribution in [3.05, 3.63) is 70.3 Å². The predicted molar refractivity (Wildman–Crippen MR) is 117 cm³/mol. The van der Waals surface area contributed by atoms with Gasteiger partial charge < -0.3 is 9.88 Å². The largest absolute Gasteiger partial charge is 0.345 e. The summed E-state index contributed by atoms with van der Waals surface area (Å²) in [6, 6.07) is 13.0. The fourth-order valence-corrected chi connectivity index (χ4v) is 4.38. The maximum atomic E-state index is 12.8. The highest BCUT2D eigenvalue weighted by molar-refractivity contribution is 7.92. The Morgan fingerprint density at radius 3 is 2.40 bits per heavy atom. The van der Waals surface area contributed by atoms with Crippen LogP contribution in [0.2, 0.25) is 0 Å². The third-order valence-electron chi connectivity index (χ3n) is 4.73. The number of aryl methyl sites for hydroxylation is 1. The number of aromatic amines is 1. The summed E-state index contributed by atoms with van der Waals surface area (Å²) in [5.74, 6) is 0.346. The summed E-state index contributed by atoms with van der Waals surface area (Å²) in [6.07, 6.45) is 0. The van der Waals surface area contributed by atoms with Crippen molar-refractivity contribution in [2.24, 2.45) is 0 Å². The Bertz CT molecular complexity index is 1200. The molecule has 0 aliphatic rings. The van der Waals surface area contributed by atoms with Crippen molar-refractivity contribution in [1.82, 2.24) is 20.1 Å². The Morgan fingerprint density at radius 2 is 1.80 bits per heavy atom. The molecule has 0 spiro atoms. The topological polar surface area (TPSA) is 100 Å². The Morgan fingerprint density at radius 1 is 1.17 bits per heavy atom. The second kappa shape index (κ2) is 8.80. The molecule has 158 valence electrons. The zero-order valence-electron chi connectivity index (χ0n) is 16.9. The summed E-state index contributed by atoms with van der Waals surface area (Å²) in [4.78, 5) is 12.6. The van der Waals surface area contributed by atoms with Gasteiger partial charge in [0.25, 0.3) is 15.9 Å². The Balaban J connectivity index is 1.71. The van der Waals surface area contributed by atoms with Gasteiger partial charge in [0.05, 0.1) is 17.1 Å². The van der Waals surface area contributed by atoms with Crippen LogP contribution in [-0.2, 0) is 23.1 Å². The molecule has 1 amide bonds. The molecule has 2 aromatic carbocycles. The van der Waals surface area contributed by atoms with Gasteiger partial charge in [-0.3, -0.25) is 14.2 Å². The normalized spacial score (nSPS) is 11.3. The lowest BCUT2D eigenvalue weighted by atomic mass is 10.2. The van der Waals surface area contributed by atoms with Crippen LogP contribution in [0, 0.1) is 11.7 Å². The fraction of sp³-hybridized carbons (Fsp3) is 0.250. The molecule has 2 N–H and O–H groups in total. The number of aromatic nitrogens is 3. The fourth-order valence-electron chi connectivity index (χ4n) is 2.90. The average molecular weight is 446 g/mol. The molecule has 0 aliphatic heterocycles. The average Bonchev–Trinajstić information content (AvgIpc) is 3.11. The van der Waals surface area contributed by atoms with Gasteiger partial charge in [0.2, 0.25) is 0 Å². The molecule has 0 fully saturated rings. The highest BCUT2D eigenvalue weighted by Crippen LogP contribution is 2.22. The Kier molecular flexibility index (Phi) is 6.37. The summed E-state index contributed by atoms with van der Waals surface area (Å²) in [6.45, 7) is 4.71. The highest BCUT2D eigenvalue weighted by atomic mass is 32.2. The molecule has 30 heavy (non-hydrogen) atoms. The van der Waals surface area contributed by atoms with Gasteiger partial charge in [-0.15, -0.1) is 0 Å². The number of hydrogen-bond donors (Lipinski definition) is 2. The number of anilines is 1. The molecule has 0 unspecified atom stereocenters. The van der Waals surface area contributed by atoms with Crippen molar-refractivity contribution >= 4 is 33.8 Å². The van der Waals surface area contributed by atoms with E-state index in [-0.39, 0.29) is 17.3 Å². The molecule has 0 radical (unpaired) electrons. The number of nitrogens with zero attached hydrogens (tertiary/aromatic N) is 3. The van der Waals surface area contributed by atoms with Crippen LogP contribution >= 0.6 is 12.2 Å². The van der Waals surface area contributed by atoms with Crippen molar-refractivity contribution < 1.29 is 13.2 Å². The predicted octanol–water partition coefficient (Wildman–Crippen LogP) is 3.02. The van der Waals surface area contributed by atoms with Gasteiger partial charge in [0.15, 0.2) is 10.6 Å². The van der Waals surface area contributed by atoms with Crippen molar-refractivity contribution in [3.63, 3.8) is 0 Å². The van der Waals surface area contributed by atoms with Gasteiger partial charge in [0, 0.05) is 19.2 Å². The summed E-state index contributed by atoms with van der Waals surface area (Å²) < 4.78 is 29.1. The molecule has 0 aliphatic carbocycles. The van der Waals surface area contributed by atoms with E-state index < -0.39 is 10.0 Å². The quantitative estimate of drug-likeness (QED) is 0.545. The lowest BCUT2D eigenvalue weighted by Gasteiger charge is -2.20. The van der Waals surface area contributed by atoms with Gasteiger partial charge in [-0.2, -0.15) is 5.10 Å². The summed E-state index contributed by atoms with van der Waals surface area (Å²) in [7, 11) is -2.20. The molecule has 3 aromatic rings. The molecule has 1 aromatic heterocycles. The SMILES string of the molecule is CCn1c(CNC(=O)c2ccc(N(C)S(=O)(=O)c3ccc(C)cc3)cc2)n[nH]c1=S. The summed E-state index contributed by atoms with van der Waals surface area (Å²) in [5.41, 5.74) is 1.85. The second-order valence-electron chi connectivity index (χ2n) is 6.70. The molecule has 8 nitrogen and oxygen atoms in total. The molecule has 0 saturated heterocycles. The minimum absolute atomic E-state index is 0.210. The first-order valence-electron chi connectivity index (χ1n) is 9.32. The number of rotatable bonds is 7. The molecular weight excluding hydrogens is 422 g/mol.